The summed E-state index contributed by atoms with van der Waals surface area (Å²) in [4.78, 5) is 28.8. The van der Waals surface area contributed by atoms with Gasteiger partial charge in [-0.25, -0.2) is 0 Å². The van der Waals surface area contributed by atoms with Gasteiger partial charge in [-0.15, -0.1) is 0 Å². The predicted molar refractivity (Wildman–Crippen MR) is 161 cm³/mol. The van der Waals surface area contributed by atoms with E-state index >= 15 is 0 Å². The van der Waals surface area contributed by atoms with Gasteiger partial charge in [0.25, 0.3) is 11.8 Å². The Hall–Kier alpha value is -3.48. The Morgan fingerprint density at radius 3 is 2.27 bits per heavy atom. The minimum absolute atomic E-state index is 0.0105. The number of nitrogens with two attached hydrogens (primary N) is 1. The number of amides is 2. The van der Waals surface area contributed by atoms with Crippen LogP contribution in [0.15, 0.2) is 72.8 Å². The molecule has 1 saturated carbocycles. The van der Waals surface area contributed by atoms with Crippen molar-refractivity contribution in [2.75, 3.05) is 18.4 Å². The van der Waals surface area contributed by atoms with Gasteiger partial charge in [-0.05, 0) is 93.4 Å². The molecule has 0 bridgehead atoms. The number of hydrogen-bond acceptors (Lipinski definition) is 4. The van der Waals surface area contributed by atoms with Crippen LogP contribution in [0.25, 0.3) is 0 Å². The van der Waals surface area contributed by atoms with Crippen molar-refractivity contribution in [3.05, 3.63) is 101 Å². The van der Waals surface area contributed by atoms with Gasteiger partial charge in [0.2, 0.25) is 0 Å². The quantitative estimate of drug-likeness (QED) is 0.343. The van der Waals surface area contributed by atoms with Gasteiger partial charge in [0.05, 0.1) is 0 Å². The van der Waals surface area contributed by atoms with E-state index in [1.165, 1.54) is 5.56 Å². The highest BCUT2D eigenvalue weighted by Crippen LogP contribution is 2.26. The largest absolute Gasteiger partial charge is 0.348 e. The van der Waals surface area contributed by atoms with E-state index in [1.807, 2.05) is 49.4 Å². The number of piperidine rings is 1. The molecule has 1 saturated heterocycles. The normalized spacial score (nSPS) is 20.1. The van der Waals surface area contributed by atoms with E-state index in [2.05, 4.69) is 45.9 Å². The van der Waals surface area contributed by atoms with Gasteiger partial charge in [-0.3, -0.25) is 14.5 Å². The Labute approximate surface area is 238 Å². The molecule has 0 spiro atoms. The molecule has 4 N–H and O–H groups in total. The fourth-order valence-corrected chi connectivity index (χ4v) is 6.00. The summed E-state index contributed by atoms with van der Waals surface area (Å²) in [6, 6.07) is 24.0. The van der Waals surface area contributed by atoms with Crippen molar-refractivity contribution in [1.82, 2.24) is 10.2 Å². The van der Waals surface area contributed by atoms with Gasteiger partial charge in [0, 0.05) is 35.4 Å². The van der Waals surface area contributed by atoms with Crippen LogP contribution in [0.1, 0.15) is 75.9 Å². The van der Waals surface area contributed by atoms with Crippen molar-refractivity contribution in [1.29, 1.82) is 0 Å². The third-order valence-corrected chi connectivity index (χ3v) is 8.54. The first-order valence-corrected chi connectivity index (χ1v) is 14.8. The maximum Gasteiger partial charge on any atom is 0.255 e. The first kappa shape index (κ1) is 28.1. The summed E-state index contributed by atoms with van der Waals surface area (Å²) in [5.74, 6) is 0.382. The smallest absolute Gasteiger partial charge is 0.255 e. The number of hydrogen-bond donors (Lipinski definition) is 3. The molecule has 3 aromatic carbocycles. The van der Waals surface area contributed by atoms with Crippen molar-refractivity contribution in [3.63, 3.8) is 0 Å². The Morgan fingerprint density at radius 2 is 1.55 bits per heavy atom. The molecular weight excluding hydrogens is 496 g/mol. The molecule has 210 valence electrons. The molecule has 2 amide bonds. The lowest BCUT2D eigenvalue weighted by Crippen LogP contribution is -2.49. The van der Waals surface area contributed by atoms with Gasteiger partial charge >= 0.3 is 0 Å². The minimum atomic E-state index is -0.172. The van der Waals surface area contributed by atoms with Crippen LogP contribution in [0.4, 0.5) is 5.69 Å². The van der Waals surface area contributed by atoms with Crippen molar-refractivity contribution in [3.8, 4) is 0 Å². The molecule has 0 aromatic heterocycles. The number of likely N-dealkylation sites (tertiary alicyclic amines) is 1. The first-order chi connectivity index (χ1) is 19.4. The molecule has 2 aliphatic rings. The van der Waals surface area contributed by atoms with Crippen molar-refractivity contribution >= 4 is 17.5 Å². The van der Waals surface area contributed by atoms with Gasteiger partial charge in [0.15, 0.2) is 0 Å². The summed E-state index contributed by atoms with van der Waals surface area (Å²) >= 11 is 0. The number of carbonyl (C=O) groups is 2. The number of aryl methyl sites for hydroxylation is 1. The Morgan fingerprint density at radius 1 is 0.850 bits per heavy atom. The minimum Gasteiger partial charge on any atom is -0.348 e. The molecule has 2 unspecified atom stereocenters. The molecule has 0 radical (unpaired) electrons. The molecule has 6 nitrogen and oxygen atoms in total. The first-order valence-electron chi connectivity index (χ1n) is 14.8. The zero-order chi connectivity index (χ0) is 27.9. The van der Waals surface area contributed by atoms with E-state index in [9.17, 15) is 9.59 Å². The highest BCUT2D eigenvalue weighted by Gasteiger charge is 2.25. The maximum atomic E-state index is 13.2. The Kier molecular flexibility index (Phi) is 9.30. The Balaban J connectivity index is 1.29. The van der Waals surface area contributed by atoms with Crippen LogP contribution in [0.2, 0.25) is 0 Å². The molecular formula is C34H42N4O2. The third kappa shape index (κ3) is 7.38. The van der Waals surface area contributed by atoms with Crippen molar-refractivity contribution in [2.45, 2.75) is 70.5 Å². The molecule has 1 heterocycles. The zero-order valence-electron chi connectivity index (χ0n) is 23.6. The monoisotopic (exact) mass is 538 g/mol. The third-order valence-electron chi connectivity index (χ3n) is 8.54. The van der Waals surface area contributed by atoms with Gasteiger partial charge < -0.3 is 16.4 Å². The highest BCUT2D eigenvalue weighted by molar-refractivity contribution is 6.05. The van der Waals surface area contributed by atoms with Crippen LogP contribution >= 0.6 is 0 Å². The average Bonchev–Trinajstić information content (AvgIpc) is 2.97. The van der Waals surface area contributed by atoms with E-state index in [0.29, 0.717) is 22.7 Å². The van der Waals surface area contributed by atoms with Crippen LogP contribution in [-0.4, -0.2) is 41.9 Å². The highest BCUT2D eigenvalue weighted by atomic mass is 16.2. The lowest BCUT2D eigenvalue weighted by atomic mass is 9.90. The van der Waals surface area contributed by atoms with E-state index < -0.39 is 0 Å². The number of rotatable bonds is 8. The van der Waals surface area contributed by atoms with Crippen molar-refractivity contribution in [2.24, 2.45) is 11.7 Å². The molecule has 40 heavy (non-hydrogen) atoms. The van der Waals surface area contributed by atoms with Crippen LogP contribution in [-0.2, 0) is 13.0 Å². The van der Waals surface area contributed by atoms with E-state index in [0.717, 1.165) is 75.7 Å². The second-order valence-electron chi connectivity index (χ2n) is 11.6. The molecule has 6 heteroatoms. The summed E-state index contributed by atoms with van der Waals surface area (Å²) in [7, 11) is 0. The molecule has 2 fully saturated rings. The lowest BCUT2D eigenvalue weighted by Gasteiger charge is -2.32. The number of nitrogens with one attached hydrogen (secondary N) is 2. The van der Waals surface area contributed by atoms with Crippen LogP contribution in [0.3, 0.4) is 0 Å². The summed E-state index contributed by atoms with van der Waals surface area (Å²) in [5.41, 5.74) is 11.6. The second-order valence-corrected chi connectivity index (χ2v) is 11.6. The fraction of sp³-hybridized carbons (Fsp3) is 0.412. The molecule has 3 aromatic rings. The van der Waals surface area contributed by atoms with E-state index in [1.54, 1.807) is 0 Å². The average molecular weight is 539 g/mol. The van der Waals surface area contributed by atoms with Crippen LogP contribution < -0.4 is 16.4 Å². The van der Waals surface area contributed by atoms with Gasteiger partial charge in [-0.2, -0.15) is 0 Å². The second kappa shape index (κ2) is 13.2. The maximum absolute atomic E-state index is 13.2. The number of carbonyl (C=O) groups excluding carboxylic acids is 2. The summed E-state index contributed by atoms with van der Waals surface area (Å²) < 4.78 is 0. The van der Waals surface area contributed by atoms with Gasteiger partial charge in [0.1, 0.15) is 0 Å². The SMILES string of the molecule is Cc1ccc(C(=O)Nc2cc(C(=O)NC3CCCCC3N)ccc2CN2CCC(Cc3ccccc3)CC2)cc1. The zero-order valence-corrected chi connectivity index (χ0v) is 23.6. The molecule has 2 atom stereocenters. The number of nitrogens with zero attached hydrogens (tertiary/aromatic N) is 1. The molecule has 5 rings (SSSR count). The fourth-order valence-electron chi connectivity index (χ4n) is 6.00. The standard InChI is InChI=1S/C34H42N4O2/c1-24-11-13-27(14-12-24)33(39)37-32-22-28(34(40)36-31-10-6-5-9-30(31)35)15-16-29(32)23-38-19-17-26(18-20-38)21-25-7-3-2-4-8-25/h2-4,7-8,11-16,22,26,30-31H,5-6,9-10,17-21,23,35H2,1H3,(H,36,40)(H,37,39). The molecule has 1 aliphatic heterocycles. The Bertz CT molecular complexity index is 1280. The summed E-state index contributed by atoms with van der Waals surface area (Å²) in [5, 5.41) is 6.26. The topological polar surface area (TPSA) is 87.5 Å². The summed E-state index contributed by atoms with van der Waals surface area (Å²) in [6.07, 6.45) is 7.47. The van der Waals surface area contributed by atoms with Crippen molar-refractivity contribution < 1.29 is 9.59 Å². The lowest BCUT2D eigenvalue weighted by molar-refractivity contribution is 0.0920. The number of anilines is 1. The van der Waals surface area contributed by atoms with E-state index in [4.69, 9.17) is 5.73 Å². The number of benzene rings is 3. The van der Waals surface area contributed by atoms with Crippen LogP contribution in [0, 0.1) is 12.8 Å². The molecule has 1 aliphatic carbocycles. The predicted octanol–water partition coefficient (Wildman–Crippen LogP) is 5.70. The summed E-state index contributed by atoms with van der Waals surface area (Å²) in [6.45, 7) is 4.77. The van der Waals surface area contributed by atoms with Crippen LogP contribution in [0.5, 0.6) is 0 Å². The van der Waals surface area contributed by atoms with E-state index in [-0.39, 0.29) is 23.9 Å². The van der Waals surface area contributed by atoms with Gasteiger partial charge in [-0.1, -0.05) is 66.9 Å².